The monoisotopic (exact) mass is 333 g/mol. The van der Waals surface area contributed by atoms with Gasteiger partial charge in [0.2, 0.25) is 0 Å². The Morgan fingerprint density at radius 3 is 2.60 bits per heavy atom. The standard InChI is InChI=1S/C16H20BrN3/c1-19-13-8-14-3-2-4-15(9-13)20(14)16-6-5-12(17)7-11(16)10-18/h5-7,13-15,19H,2-4,8-9H2,1H3. The van der Waals surface area contributed by atoms with E-state index in [0.29, 0.717) is 18.1 Å². The Labute approximate surface area is 129 Å². The highest BCUT2D eigenvalue weighted by molar-refractivity contribution is 9.10. The van der Waals surface area contributed by atoms with Crippen LogP contribution in [-0.2, 0) is 0 Å². The van der Waals surface area contributed by atoms with Crippen LogP contribution >= 0.6 is 15.9 Å². The molecule has 0 aromatic heterocycles. The van der Waals surface area contributed by atoms with Crippen molar-refractivity contribution in [1.82, 2.24) is 5.32 Å². The normalized spacial score (nSPS) is 29.1. The first kappa shape index (κ1) is 13.9. The molecule has 0 spiro atoms. The van der Waals surface area contributed by atoms with Gasteiger partial charge in [-0.1, -0.05) is 15.9 Å². The van der Waals surface area contributed by atoms with E-state index in [-0.39, 0.29) is 0 Å². The molecule has 106 valence electrons. The summed E-state index contributed by atoms with van der Waals surface area (Å²) in [5.74, 6) is 0. The van der Waals surface area contributed by atoms with Gasteiger partial charge >= 0.3 is 0 Å². The Balaban J connectivity index is 1.96. The minimum atomic E-state index is 0.577. The van der Waals surface area contributed by atoms with Crippen molar-refractivity contribution in [2.24, 2.45) is 0 Å². The van der Waals surface area contributed by atoms with Crippen LogP contribution in [0.25, 0.3) is 0 Å². The molecule has 2 aliphatic heterocycles. The molecule has 1 aromatic carbocycles. The summed E-state index contributed by atoms with van der Waals surface area (Å²) in [7, 11) is 2.07. The molecule has 2 unspecified atom stereocenters. The molecule has 2 fully saturated rings. The summed E-state index contributed by atoms with van der Waals surface area (Å²) in [5, 5.41) is 12.9. The number of rotatable bonds is 2. The van der Waals surface area contributed by atoms with E-state index in [1.807, 2.05) is 6.07 Å². The molecular weight excluding hydrogens is 314 g/mol. The molecule has 0 radical (unpaired) electrons. The third-order valence-corrected chi connectivity index (χ3v) is 5.23. The molecule has 3 nitrogen and oxygen atoms in total. The van der Waals surface area contributed by atoms with E-state index in [1.165, 1.54) is 32.1 Å². The molecule has 20 heavy (non-hydrogen) atoms. The van der Waals surface area contributed by atoms with Gasteiger partial charge in [0, 0.05) is 22.6 Å². The predicted octanol–water partition coefficient (Wildman–Crippen LogP) is 3.43. The fourth-order valence-corrected chi connectivity index (χ4v) is 4.19. The number of nitrogens with zero attached hydrogens (tertiary/aromatic N) is 2. The topological polar surface area (TPSA) is 39.1 Å². The summed E-state index contributed by atoms with van der Waals surface area (Å²) in [6.45, 7) is 0. The number of hydrogen-bond acceptors (Lipinski definition) is 3. The molecular formula is C16H20BrN3. The van der Waals surface area contributed by atoms with Gasteiger partial charge in [-0.25, -0.2) is 0 Å². The van der Waals surface area contributed by atoms with Gasteiger partial charge in [-0.3, -0.25) is 0 Å². The van der Waals surface area contributed by atoms with Gasteiger partial charge in [0.05, 0.1) is 11.3 Å². The Hall–Kier alpha value is -1.05. The maximum Gasteiger partial charge on any atom is 0.101 e. The average molecular weight is 334 g/mol. The number of anilines is 1. The molecule has 0 amide bonds. The molecule has 0 saturated carbocycles. The maximum absolute atomic E-state index is 9.43. The molecule has 4 heteroatoms. The molecule has 2 heterocycles. The third-order valence-electron chi connectivity index (χ3n) is 4.74. The molecule has 0 aliphatic carbocycles. The molecule has 2 aliphatic rings. The highest BCUT2D eigenvalue weighted by Gasteiger charge is 2.38. The zero-order chi connectivity index (χ0) is 14.1. The van der Waals surface area contributed by atoms with Crippen molar-refractivity contribution in [3.63, 3.8) is 0 Å². The minimum absolute atomic E-state index is 0.577. The van der Waals surface area contributed by atoms with E-state index >= 15 is 0 Å². The summed E-state index contributed by atoms with van der Waals surface area (Å²) in [5.41, 5.74) is 1.92. The third kappa shape index (κ3) is 2.45. The van der Waals surface area contributed by atoms with Gasteiger partial charge in [-0.05, 0) is 57.4 Å². The molecule has 1 aromatic rings. The van der Waals surface area contributed by atoms with Crippen molar-refractivity contribution in [2.75, 3.05) is 11.9 Å². The predicted molar refractivity (Wildman–Crippen MR) is 84.8 cm³/mol. The van der Waals surface area contributed by atoms with Gasteiger partial charge in [0.25, 0.3) is 0 Å². The van der Waals surface area contributed by atoms with Crippen molar-refractivity contribution >= 4 is 21.6 Å². The Morgan fingerprint density at radius 2 is 2.00 bits per heavy atom. The van der Waals surface area contributed by atoms with E-state index in [9.17, 15) is 5.26 Å². The number of benzene rings is 1. The largest absolute Gasteiger partial charge is 0.364 e. The Morgan fingerprint density at radius 1 is 1.30 bits per heavy atom. The zero-order valence-electron chi connectivity index (χ0n) is 11.8. The van der Waals surface area contributed by atoms with Crippen LogP contribution in [0.15, 0.2) is 22.7 Å². The van der Waals surface area contributed by atoms with Crippen LogP contribution in [-0.4, -0.2) is 25.2 Å². The number of hydrogen-bond donors (Lipinski definition) is 1. The summed E-state index contributed by atoms with van der Waals surface area (Å²) in [6, 6.07) is 10.2. The number of fused-ring (bicyclic) bond motifs is 2. The van der Waals surface area contributed by atoms with Gasteiger partial charge in [0.15, 0.2) is 0 Å². The SMILES string of the molecule is CNC1CC2CCCC(C1)N2c1ccc(Br)cc1C#N. The van der Waals surface area contributed by atoms with Crippen LogP contribution in [0.4, 0.5) is 5.69 Å². The average Bonchev–Trinajstić information content (AvgIpc) is 2.45. The van der Waals surface area contributed by atoms with Crippen LogP contribution < -0.4 is 10.2 Å². The summed E-state index contributed by atoms with van der Waals surface area (Å²) >= 11 is 3.46. The van der Waals surface area contributed by atoms with E-state index in [0.717, 1.165) is 15.7 Å². The van der Waals surface area contributed by atoms with E-state index < -0.39 is 0 Å². The van der Waals surface area contributed by atoms with Crippen LogP contribution in [0.1, 0.15) is 37.7 Å². The quantitative estimate of drug-likeness (QED) is 0.901. The van der Waals surface area contributed by atoms with Crippen molar-refractivity contribution in [1.29, 1.82) is 5.26 Å². The second-order valence-electron chi connectivity index (χ2n) is 5.88. The Kier molecular flexibility index (Phi) is 4.00. The van der Waals surface area contributed by atoms with Gasteiger partial charge in [-0.2, -0.15) is 5.26 Å². The maximum atomic E-state index is 9.43. The smallest absolute Gasteiger partial charge is 0.101 e. The summed E-state index contributed by atoms with van der Waals surface area (Å²) in [4.78, 5) is 2.53. The first-order valence-electron chi connectivity index (χ1n) is 7.38. The first-order valence-corrected chi connectivity index (χ1v) is 8.17. The first-order chi connectivity index (χ1) is 9.72. The number of piperidine rings is 2. The number of nitriles is 1. The zero-order valence-corrected chi connectivity index (χ0v) is 13.4. The van der Waals surface area contributed by atoms with Crippen LogP contribution in [0.3, 0.4) is 0 Å². The molecule has 2 atom stereocenters. The second kappa shape index (κ2) is 5.75. The minimum Gasteiger partial charge on any atom is -0.364 e. The molecule has 3 rings (SSSR count). The highest BCUT2D eigenvalue weighted by Crippen LogP contribution is 2.39. The van der Waals surface area contributed by atoms with Crippen LogP contribution in [0.2, 0.25) is 0 Å². The molecule has 2 bridgehead atoms. The fourth-order valence-electron chi connectivity index (χ4n) is 3.83. The Bertz CT molecular complexity index is 523. The fraction of sp³-hybridized carbons (Fsp3) is 0.562. The molecule has 2 saturated heterocycles. The molecule has 1 N–H and O–H groups in total. The second-order valence-corrected chi connectivity index (χ2v) is 6.79. The lowest BCUT2D eigenvalue weighted by Gasteiger charge is -2.50. The summed E-state index contributed by atoms with van der Waals surface area (Å²) in [6.07, 6.45) is 6.19. The van der Waals surface area contributed by atoms with E-state index in [4.69, 9.17) is 0 Å². The van der Waals surface area contributed by atoms with Crippen molar-refractivity contribution in [3.05, 3.63) is 28.2 Å². The lowest BCUT2D eigenvalue weighted by atomic mass is 9.81. The van der Waals surface area contributed by atoms with Gasteiger partial charge in [-0.15, -0.1) is 0 Å². The van der Waals surface area contributed by atoms with Gasteiger partial charge < -0.3 is 10.2 Å². The van der Waals surface area contributed by atoms with Crippen molar-refractivity contribution in [2.45, 2.75) is 50.2 Å². The van der Waals surface area contributed by atoms with Crippen LogP contribution in [0, 0.1) is 11.3 Å². The highest BCUT2D eigenvalue weighted by atomic mass is 79.9. The van der Waals surface area contributed by atoms with Crippen LogP contribution in [0.5, 0.6) is 0 Å². The lowest BCUT2D eigenvalue weighted by molar-refractivity contribution is 0.252. The lowest BCUT2D eigenvalue weighted by Crippen LogP contribution is -2.56. The number of nitrogens with one attached hydrogen (secondary N) is 1. The number of halogens is 1. The van der Waals surface area contributed by atoms with E-state index in [2.05, 4.69) is 51.4 Å². The van der Waals surface area contributed by atoms with Gasteiger partial charge in [0.1, 0.15) is 6.07 Å². The van der Waals surface area contributed by atoms with Crippen molar-refractivity contribution in [3.8, 4) is 6.07 Å². The summed E-state index contributed by atoms with van der Waals surface area (Å²) < 4.78 is 0.980. The van der Waals surface area contributed by atoms with Crippen molar-refractivity contribution < 1.29 is 0 Å². The van der Waals surface area contributed by atoms with E-state index in [1.54, 1.807) is 0 Å².